The molecule has 0 aromatic rings. The van der Waals surface area contributed by atoms with Crippen LogP contribution in [0.2, 0.25) is 0 Å². The summed E-state index contributed by atoms with van der Waals surface area (Å²) >= 11 is 0. The molecule has 1 atom stereocenters. The van der Waals surface area contributed by atoms with Gasteiger partial charge in [0.05, 0.1) is 0 Å². The number of unbranched alkanes of at least 4 members (excludes halogenated alkanes) is 1. The zero-order valence-electron chi connectivity index (χ0n) is 13.7. The Morgan fingerprint density at radius 2 is 0.958 bits per heavy atom. The van der Waals surface area contributed by atoms with Crippen LogP contribution < -0.4 is 29.6 Å². The molecule has 16 heteroatoms. The summed E-state index contributed by atoms with van der Waals surface area (Å²) in [6, 6.07) is 0. The molecule has 1 unspecified atom stereocenters. The molecule has 146 valence electrons. The molecule has 0 saturated carbocycles. The molecule has 0 aliphatic heterocycles. The Kier molecular flexibility index (Phi) is 28.9. The second-order valence-corrected chi connectivity index (χ2v) is 7.04. The maximum Gasteiger partial charge on any atom is 1.00 e. The molecule has 0 aromatic heterocycles. The summed E-state index contributed by atoms with van der Waals surface area (Å²) in [7, 11) is -13.9. The van der Waals surface area contributed by atoms with Crippen LogP contribution in [-0.4, -0.2) is 44.0 Å². The first kappa shape index (κ1) is 36.3. The van der Waals surface area contributed by atoms with Gasteiger partial charge in [-0.2, -0.15) is 5.92 Å². The Bertz CT molecular complexity index is 315. The van der Waals surface area contributed by atoms with Crippen molar-refractivity contribution in [1.29, 1.82) is 0 Å². The van der Waals surface area contributed by atoms with Crippen molar-refractivity contribution < 1.29 is 87.3 Å². The summed E-state index contributed by atoms with van der Waals surface area (Å²) in [4.78, 5) is 64.7. The van der Waals surface area contributed by atoms with Crippen molar-refractivity contribution in [3.8, 4) is 0 Å². The van der Waals surface area contributed by atoms with Crippen LogP contribution in [0.5, 0.6) is 0 Å². The average Bonchev–Trinajstić information content (AvgIpc) is 2.18. The Labute approximate surface area is 163 Å². The molecule has 12 nitrogen and oxygen atoms in total. The van der Waals surface area contributed by atoms with Gasteiger partial charge in [-0.05, 0) is 0 Å². The molecule has 0 saturated heterocycles. The summed E-state index contributed by atoms with van der Waals surface area (Å²) in [5.74, 6) is 0.704. The van der Waals surface area contributed by atoms with Crippen molar-refractivity contribution in [2.45, 2.75) is 39.5 Å². The quantitative estimate of drug-likeness (QED) is 0.125. The Morgan fingerprint density at radius 1 is 0.750 bits per heavy atom. The van der Waals surface area contributed by atoms with Crippen LogP contribution in [0.1, 0.15) is 39.5 Å². The fourth-order valence-corrected chi connectivity index (χ4v) is 0.697. The van der Waals surface area contributed by atoms with Crippen molar-refractivity contribution in [1.82, 2.24) is 0 Å². The smallest absolute Gasteiger partial charge is 0.340 e. The predicted octanol–water partition coefficient (Wildman–Crippen LogP) is -2.74. The summed E-state index contributed by atoms with van der Waals surface area (Å²) in [5, 5.41) is 0. The first-order valence-corrected chi connectivity index (χ1v) is 10.7. The van der Waals surface area contributed by atoms with E-state index in [2.05, 4.69) is 20.8 Å². The molecule has 0 aliphatic rings. The van der Waals surface area contributed by atoms with Gasteiger partial charge in [-0.25, -0.2) is 13.7 Å². The number of hydrogen-bond donors (Lipinski definition) is 9. The van der Waals surface area contributed by atoms with E-state index in [9.17, 15) is 0 Å². The standard InChI is InChI=1S/C8H17.Na.3H3O4P/c1-4-6-7-8(3)5-2;;3*1-5(2,3)4/h8H,3-7H2,1-2H3;;3*(H3,1,2,3,4)/q-1;+1;;;. The van der Waals surface area contributed by atoms with Crippen LogP contribution in [0, 0.1) is 12.8 Å². The number of hydrogen-bond acceptors (Lipinski definition) is 3. The molecule has 0 rings (SSSR count). The van der Waals surface area contributed by atoms with Gasteiger partial charge in [-0.3, -0.25) is 0 Å². The molecule has 9 N–H and O–H groups in total. The van der Waals surface area contributed by atoms with E-state index in [1.54, 1.807) is 0 Å². The molecule has 0 aromatic carbocycles. The van der Waals surface area contributed by atoms with Crippen LogP contribution in [0.3, 0.4) is 0 Å². The summed E-state index contributed by atoms with van der Waals surface area (Å²) in [5.41, 5.74) is 0. The molecule has 0 spiro atoms. The van der Waals surface area contributed by atoms with E-state index in [1.807, 2.05) is 0 Å². The van der Waals surface area contributed by atoms with E-state index in [4.69, 9.17) is 57.7 Å². The predicted molar refractivity (Wildman–Crippen MR) is 81.5 cm³/mol. The van der Waals surface area contributed by atoms with Crippen molar-refractivity contribution in [3.05, 3.63) is 6.92 Å². The van der Waals surface area contributed by atoms with Crippen LogP contribution in [0.15, 0.2) is 0 Å². The van der Waals surface area contributed by atoms with Gasteiger partial charge in [0, 0.05) is 0 Å². The van der Waals surface area contributed by atoms with Crippen LogP contribution in [0.4, 0.5) is 0 Å². The SMILES string of the molecule is O=P(O)(O)O.O=P(O)(O)O.O=P(O)(O)O.[CH2-]C(CC)CCCC.[Na+]. The van der Waals surface area contributed by atoms with Gasteiger partial charge in [0.15, 0.2) is 0 Å². The van der Waals surface area contributed by atoms with E-state index in [1.165, 1.54) is 25.7 Å². The largest absolute Gasteiger partial charge is 1.00 e. The van der Waals surface area contributed by atoms with Gasteiger partial charge in [-0.1, -0.05) is 39.5 Å². The van der Waals surface area contributed by atoms with Gasteiger partial charge >= 0.3 is 53.0 Å². The van der Waals surface area contributed by atoms with Gasteiger partial charge in [0.1, 0.15) is 0 Å². The van der Waals surface area contributed by atoms with Crippen LogP contribution in [-0.2, 0) is 13.7 Å². The molecule has 0 radical (unpaired) electrons. The van der Waals surface area contributed by atoms with E-state index in [-0.39, 0.29) is 29.6 Å². The molecule has 0 heterocycles. The van der Waals surface area contributed by atoms with Gasteiger partial charge < -0.3 is 51.0 Å². The van der Waals surface area contributed by atoms with E-state index in [0.717, 1.165) is 0 Å². The number of phosphoric acid groups is 3. The zero-order chi connectivity index (χ0) is 19.9. The first-order chi connectivity index (χ1) is 9.81. The minimum Gasteiger partial charge on any atom is -0.340 e. The summed E-state index contributed by atoms with van der Waals surface area (Å²) in [6.45, 7) is 8.42. The van der Waals surface area contributed by atoms with Crippen molar-refractivity contribution in [2.75, 3.05) is 0 Å². The molecule has 24 heavy (non-hydrogen) atoms. The Hall–Kier alpha value is 1.33. The molecular formula is C8H26NaO12P3. The van der Waals surface area contributed by atoms with Gasteiger partial charge in [0.2, 0.25) is 0 Å². The normalized spacial score (nSPS) is 12.0. The maximum atomic E-state index is 8.88. The van der Waals surface area contributed by atoms with Gasteiger partial charge in [-0.15, -0.1) is 0 Å². The molecule has 0 amide bonds. The van der Waals surface area contributed by atoms with Crippen molar-refractivity contribution >= 4 is 23.5 Å². The molecule has 0 bridgehead atoms. The van der Waals surface area contributed by atoms with Gasteiger partial charge in [0.25, 0.3) is 0 Å². The Morgan fingerprint density at radius 3 is 1.08 bits per heavy atom. The molecular weight excluding hydrogens is 404 g/mol. The summed E-state index contributed by atoms with van der Waals surface area (Å²) in [6.07, 6.45) is 5.21. The van der Waals surface area contributed by atoms with E-state index in [0.29, 0.717) is 5.92 Å². The third kappa shape index (κ3) is 217. The second kappa shape index (κ2) is 19.1. The third-order valence-electron chi connectivity index (χ3n) is 1.54. The maximum absolute atomic E-state index is 8.88. The van der Waals surface area contributed by atoms with E-state index >= 15 is 0 Å². The average molecular weight is 430 g/mol. The fraction of sp³-hybridized carbons (Fsp3) is 0.875. The zero-order valence-corrected chi connectivity index (χ0v) is 18.4. The topological polar surface area (TPSA) is 233 Å². The Balaban J connectivity index is -0.0000000677. The minimum absolute atomic E-state index is 0. The van der Waals surface area contributed by atoms with Crippen molar-refractivity contribution in [3.63, 3.8) is 0 Å². The van der Waals surface area contributed by atoms with Crippen molar-refractivity contribution in [2.24, 2.45) is 5.92 Å². The first-order valence-electron chi connectivity index (χ1n) is 5.99. The van der Waals surface area contributed by atoms with E-state index < -0.39 is 23.5 Å². The molecule has 0 fully saturated rings. The monoisotopic (exact) mass is 430 g/mol. The number of rotatable bonds is 4. The third-order valence-corrected chi connectivity index (χ3v) is 1.54. The summed E-state index contributed by atoms with van der Waals surface area (Å²) < 4.78 is 26.6. The molecule has 0 aliphatic carbocycles. The van der Waals surface area contributed by atoms with Crippen LogP contribution in [0.25, 0.3) is 0 Å². The van der Waals surface area contributed by atoms with Crippen LogP contribution >= 0.6 is 23.5 Å². The fourth-order valence-electron chi connectivity index (χ4n) is 0.697. The second-order valence-electron chi connectivity index (χ2n) is 3.96. The minimum atomic E-state index is -4.64.